The number of nitrogens with one attached hydrogen (secondary N) is 1. The summed E-state index contributed by atoms with van der Waals surface area (Å²) in [4.78, 5) is 2.44. The molecule has 1 aromatic heterocycles. The molecule has 1 atom stereocenters. The van der Waals surface area contributed by atoms with Crippen LogP contribution >= 0.6 is 0 Å². The summed E-state index contributed by atoms with van der Waals surface area (Å²) < 4.78 is 10.9. The second kappa shape index (κ2) is 6.88. The second-order valence-corrected chi connectivity index (χ2v) is 5.95. The molecule has 1 aliphatic heterocycles. The van der Waals surface area contributed by atoms with E-state index in [0.717, 1.165) is 43.4 Å². The van der Waals surface area contributed by atoms with Crippen LogP contribution in [0.2, 0.25) is 0 Å². The smallest absolute Gasteiger partial charge is 0.120 e. The van der Waals surface area contributed by atoms with E-state index in [2.05, 4.69) is 28.4 Å². The quantitative estimate of drug-likeness (QED) is 0.889. The number of methoxy groups -OCH3 is 1. The van der Waals surface area contributed by atoms with Crippen molar-refractivity contribution < 1.29 is 9.15 Å². The fraction of sp³-hybridized carbons (Fsp3) is 0.444. The van der Waals surface area contributed by atoms with E-state index in [9.17, 15) is 0 Å². The summed E-state index contributed by atoms with van der Waals surface area (Å²) in [5.74, 6) is 3.59. The van der Waals surface area contributed by atoms with Gasteiger partial charge >= 0.3 is 0 Å². The van der Waals surface area contributed by atoms with Crippen LogP contribution in [0.5, 0.6) is 5.75 Å². The molecule has 0 bridgehead atoms. The molecule has 1 unspecified atom stereocenters. The summed E-state index contributed by atoms with van der Waals surface area (Å²) >= 11 is 0. The van der Waals surface area contributed by atoms with Crippen LogP contribution in [-0.2, 0) is 6.54 Å². The number of benzene rings is 1. The van der Waals surface area contributed by atoms with E-state index < -0.39 is 0 Å². The van der Waals surface area contributed by atoms with E-state index in [1.165, 1.54) is 12.1 Å². The maximum Gasteiger partial charge on any atom is 0.120 e. The van der Waals surface area contributed by atoms with Gasteiger partial charge in [-0.1, -0.05) is 6.07 Å². The van der Waals surface area contributed by atoms with Crippen LogP contribution in [0.3, 0.4) is 0 Å². The van der Waals surface area contributed by atoms with Gasteiger partial charge in [0, 0.05) is 31.4 Å². The van der Waals surface area contributed by atoms with E-state index in [1.807, 2.05) is 25.1 Å². The van der Waals surface area contributed by atoms with Crippen molar-refractivity contribution >= 4 is 5.69 Å². The average Bonchev–Trinajstić information content (AvgIpc) is 3.17. The lowest BCUT2D eigenvalue weighted by Gasteiger charge is -2.19. The Balaban J connectivity index is 1.47. The zero-order chi connectivity index (χ0) is 15.4. The van der Waals surface area contributed by atoms with Crippen molar-refractivity contribution in [2.24, 2.45) is 5.92 Å². The number of hydrogen-bond acceptors (Lipinski definition) is 4. The topological polar surface area (TPSA) is 37.6 Å². The molecule has 1 N–H and O–H groups in total. The lowest BCUT2D eigenvalue weighted by atomic mass is 10.1. The molecule has 0 saturated carbocycles. The number of rotatable bonds is 6. The van der Waals surface area contributed by atoms with Gasteiger partial charge in [0.15, 0.2) is 0 Å². The van der Waals surface area contributed by atoms with Gasteiger partial charge in [-0.2, -0.15) is 0 Å². The monoisotopic (exact) mass is 300 g/mol. The zero-order valence-electron chi connectivity index (χ0n) is 13.3. The number of nitrogens with zero attached hydrogens (tertiary/aromatic N) is 1. The summed E-state index contributed by atoms with van der Waals surface area (Å²) in [6.45, 7) is 6.02. The molecule has 0 radical (unpaired) electrons. The summed E-state index contributed by atoms with van der Waals surface area (Å²) in [5.41, 5.74) is 1.25. The SMILES string of the molecule is COc1cccc(N2CCC(CNCc3ccc(C)o3)C2)c1. The van der Waals surface area contributed by atoms with Crippen LogP contribution in [0.4, 0.5) is 5.69 Å². The average molecular weight is 300 g/mol. The van der Waals surface area contributed by atoms with Crippen LogP contribution in [0, 0.1) is 12.8 Å². The molecule has 2 aromatic rings. The van der Waals surface area contributed by atoms with Gasteiger partial charge in [-0.15, -0.1) is 0 Å². The molecular formula is C18H24N2O2. The molecule has 1 aromatic carbocycles. The highest BCUT2D eigenvalue weighted by Gasteiger charge is 2.22. The van der Waals surface area contributed by atoms with Gasteiger partial charge in [0.1, 0.15) is 17.3 Å². The number of furan rings is 1. The van der Waals surface area contributed by atoms with E-state index >= 15 is 0 Å². The van der Waals surface area contributed by atoms with Gasteiger partial charge in [0.05, 0.1) is 13.7 Å². The highest BCUT2D eigenvalue weighted by atomic mass is 16.5. The predicted octanol–water partition coefficient (Wildman–Crippen LogP) is 3.21. The first-order valence-electron chi connectivity index (χ1n) is 7.89. The fourth-order valence-corrected chi connectivity index (χ4v) is 3.02. The van der Waals surface area contributed by atoms with Crippen LogP contribution < -0.4 is 15.0 Å². The van der Waals surface area contributed by atoms with Crippen LogP contribution in [0.1, 0.15) is 17.9 Å². The van der Waals surface area contributed by atoms with Crippen molar-refractivity contribution in [2.75, 3.05) is 31.6 Å². The normalized spacial score (nSPS) is 17.9. The van der Waals surface area contributed by atoms with Crippen LogP contribution in [0.15, 0.2) is 40.8 Å². The third-order valence-corrected chi connectivity index (χ3v) is 4.23. The van der Waals surface area contributed by atoms with Crippen LogP contribution in [-0.4, -0.2) is 26.7 Å². The molecule has 0 amide bonds. The number of hydrogen-bond donors (Lipinski definition) is 1. The third kappa shape index (κ3) is 3.63. The van der Waals surface area contributed by atoms with Gasteiger partial charge in [-0.05, 0) is 43.5 Å². The second-order valence-electron chi connectivity index (χ2n) is 5.95. The molecule has 0 aliphatic carbocycles. The Morgan fingerprint density at radius 2 is 2.23 bits per heavy atom. The maximum atomic E-state index is 5.58. The first-order chi connectivity index (χ1) is 10.7. The summed E-state index contributed by atoms with van der Waals surface area (Å²) in [6.07, 6.45) is 1.22. The largest absolute Gasteiger partial charge is 0.497 e. The lowest BCUT2D eigenvalue weighted by Crippen LogP contribution is -2.26. The summed E-state index contributed by atoms with van der Waals surface area (Å²) in [6, 6.07) is 12.4. The van der Waals surface area contributed by atoms with Crippen LogP contribution in [0.25, 0.3) is 0 Å². The van der Waals surface area contributed by atoms with Gasteiger partial charge in [0.25, 0.3) is 0 Å². The van der Waals surface area contributed by atoms with Crippen molar-refractivity contribution in [3.63, 3.8) is 0 Å². The molecule has 4 nitrogen and oxygen atoms in total. The number of anilines is 1. The van der Waals surface area contributed by atoms with Gasteiger partial charge < -0.3 is 19.4 Å². The van der Waals surface area contributed by atoms with Gasteiger partial charge in [-0.25, -0.2) is 0 Å². The molecule has 4 heteroatoms. The minimum absolute atomic E-state index is 0.683. The molecule has 118 valence electrons. The first kappa shape index (κ1) is 15.0. The Bertz CT molecular complexity index is 609. The summed E-state index contributed by atoms with van der Waals surface area (Å²) in [7, 11) is 1.71. The first-order valence-corrected chi connectivity index (χ1v) is 7.89. The molecule has 22 heavy (non-hydrogen) atoms. The Hall–Kier alpha value is -1.94. The van der Waals surface area contributed by atoms with E-state index in [4.69, 9.17) is 9.15 Å². The molecule has 2 heterocycles. The van der Waals surface area contributed by atoms with Gasteiger partial charge in [-0.3, -0.25) is 0 Å². The fourth-order valence-electron chi connectivity index (χ4n) is 3.02. The zero-order valence-corrected chi connectivity index (χ0v) is 13.3. The number of aryl methyl sites for hydroxylation is 1. The van der Waals surface area contributed by atoms with Gasteiger partial charge in [0.2, 0.25) is 0 Å². The molecule has 1 fully saturated rings. The van der Waals surface area contributed by atoms with Crippen molar-refractivity contribution in [1.29, 1.82) is 0 Å². The molecule has 1 saturated heterocycles. The maximum absolute atomic E-state index is 5.58. The standard InChI is InChI=1S/C18H24N2O2/c1-14-6-7-18(22-14)12-19-11-15-8-9-20(13-15)16-4-3-5-17(10-16)21-2/h3-7,10,15,19H,8-9,11-13H2,1-2H3. The Morgan fingerprint density at radius 3 is 3.00 bits per heavy atom. The predicted molar refractivity (Wildman–Crippen MR) is 88.5 cm³/mol. The molecular weight excluding hydrogens is 276 g/mol. The van der Waals surface area contributed by atoms with Crippen molar-refractivity contribution in [3.05, 3.63) is 47.9 Å². The van der Waals surface area contributed by atoms with E-state index in [1.54, 1.807) is 7.11 Å². The minimum Gasteiger partial charge on any atom is -0.497 e. The van der Waals surface area contributed by atoms with E-state index in [-0.39, 0.29) is 0 Å². The minimum atomic E-state index is 0.683. The van der Waals surface area contributed by atoms with Crippen molar-refractivity contribution in [3.8, 4) is 5.75 Å². The highest BCUT2D eigenvalue weighted by molar-refractivity contribution is 5.51. The number of ether oxygens (including phenoxy) is 1. The third-order valence-electron chi connectivity index (χ3n) is 4.23. The van der Waals surface area contributed by atoms with Crippen molar-refractivity contribution in [1.82, 2.24) is 5.32 Å². The Morgan fingerprint density at radius 1 is 1.32 bits per heavy atom. The Labute approximate surface area is 132 Å². The molecule has 1 aliphatic rings. The van der Waals surface area contributed by atoms with E-state index in [0.29, 0.717) is 5.92 Å². The summed E-state index contributed by atoms with van der Waals surface area (Å²) in [5, 5.41) is 3.51. The Kier molecular flexibility index (Phi) is 4.68. The lowest BCUT2D eigenvalue weighted by molar-refractivity contribution is 0.415. The molecule has 0 spiro atoms. The van der Waals surface area contributed by atoms with Crippen molar-refractivity contribution in [2.45, 2.75) is 19.9 Å². The molecule has 3 rings (SSSR count). The highest BCUT2D eigenvalue weighted by Crippen LogP contribution is 2.26.